The third kappa shape index (κ3) is 3.63. The number of hydrogen-bond donors (Lipinski definition) is 3. The Bertz CT molecular complexity index is 514. The van der Waals surface area contributed by atoms with Crippen LogP contribution in [0.3, 0.4) is 0 Å². The third-order valence-corrected chi connectivity index (χ3v) is 3.23. The zero-order valence-corrected chi connectivity index (χ0v) is 11.3. The molecule has 6 heteroatoms. The molecule has 0 saturated heterocycles. The highest BCUT2D eigenvalue weighted by molar-refractivity contribution is 5.94. The maximum Gasteiger partial charge on any atom is 0.251 e. The lowest BCUT2D eigenvalue weighted by molar-refractivity contribution is 0.0953. The van der Waals surface area contributed by atoms with Gasteiger partial charge in [0.05, 0.1) is 6.61 Å². The molecule has 1 aromatic carbocycles. The van der Waals surface area contributed by atoms with Crippen molar-refractivity contribution in [2.45, 2.75) is 25.7 Å². The third-order valence-electron chi connectivity index (χ3n) is 3.23. The molecule has 1 amide bonds. The molecule has 0 aromatic heterocycles. The second kappa shape index (κ2) is 6.79. The summed E-state index contributed by atoms with van der Waals surface area (Å²) in [5.74, 6) is 1.01. The summed E-state index contributed by atoms with van der Waals surface area (Å²) in [5, 5.41) is 14.1. The van der Waals surface area contributed by atoms with E-state index in [1.54, 1.807) is 6.07 Å². The Kier molecular flexibility index (Phi) is 4.81. The molecule has 0 fully saturated rings. The molecule has 6 nitrogen and oxygen atoms in total. The highest BCUT2D eigenvalue weighted by Gasteiger charge is 2.14. The molecular formula is C14H19N3O3. The largest absolute Gasteiger partial charge is 0.493 e. The van der Waals surface area contributed by atoms with E-state index < -0.39 is 0 Å². The summed E-state index contributed by atoms with van der Waals surface area (Å²) in [6.07, 6.45) is 2.95. The van der Waals surface area contributed by atoms with E-state index in [1.165, 1.54) is 0 Å². The monoisotopic (exact) mass is 277 g/mol. The highest BCUT2D eigenvalue weighted by atomic mass is 16.5. The zero-order chi connectivity index (χ0) is 14.4. The molecule has 2 rings (SSSR count). The van der Waals surface area contributed by atoms with Gasteiger partial charge in [-0.05, 0) is 36.6 Å². The highest BCUT2D eigenvalue weighted by Crippen LogP contribution is 2.25. The lowest BCUT2D eigenvalue weighted by Crippen LogP contribution is -2.24. The first-order valence-corrected chi connectivity index (χ1v) is 6.71. The van der Waals surface area contributed by atoms with Crippen molar-refractivity contribution in [3.63, 3.8) is 0 Å². The minimum absolute atomic E-state index is 0.0801. The lowest BCUT2D eigenvalue weighted by atomic mass is 10.1. The molecular weight excluding hydrogens is 258 g/mol. The molecule has 0 atom stereocenters. The number of benzene rings is 1. The molecule has 0 saturated carbocycles. The van der Waals surface area contributed by atoms with Gasteiger partial charge in [0.25, 0.3) is 5.91 Å². The number of nitrogens with zero attached hydrogens (tertiary/aromatic N) is 1. The number of ether oxygens (including phenoxy) is 1. The summed E-state index contributed by atoms with van der Waals surface area (Å²) < 4.78 is 5.40. The Hall–Kier alpha value is -2.24. The van der Waals surface area contributed by atoms with Crippen LogP contribution in [0.4, 0.5) is 0 Å². The molecule has 4 N–H and O–H groups in total. The van der Waals surface area contributed by atoms with E-state index in [0.29, 0.717) is 25.1 Å². The van der Waals surface area contributed by atoms with Gasteiger partial charge >= 0.3 is 0 Å². The smallest absolute Gasteiger partial charge is 0.251 e. The minimum atomic E-state index is -0.0801. The predicted octanol–water partition coefficient (Wildman–Crippen LogP) is 1.27. The van der Waals surface area contributed by atoms with Gasteiger partial charge in [-0.2, -0.15) is 0 Å². The maximum atomic E-state index is 12.0. The number of carbonyl (C=O) groups excluding carboxylic acids is 1. The van der Waals surface area contributed by atoms with Gasteiger partial charge in [-0.15, -0.1) is 0 Å². The van der Waals surface area contributed by atoms with Crippen LogP contribution < -0.4 is 15.8 Å². The Labute approximate surface area is 117 Å². The van der Waals surface area contributed by atoms with Gasteiger partial charge < -0.3 is 21.0 Å². The number of amidine groups is 1. The molecule has 1 aliphatic rings. The van der Waals surface area contributed by atoms with Crippen LogP contribution in [-0.2, 0) is 6.42 Å². The fourth-order valence-corrected chi connectivity index (χ4v) is 2.11. The number of carbonyl (C=O) groups is 1. The number of oxime groups is 1. The van der Waals surface area contributed by atoms with E-state index in [4.69, 9.17) is 15.7 Å². The molecule has 1 heterocycles. The van der Waals surface area contributed by atoms with Crippen molar-refractivity contribution in [1.82, 2.24) is 5.32 Å². The summed E-state index contributed by atoms with van der Waals surface area (Å²) in [6, 6.07) is 5.50. The minimum Gasteiger partial charge on any atom is -0.493 e. The van der Waals surface area contributed by atoms with Crippen molar-refractivity contribution in [2.75, 3.05) is 13.2 Å². The van der Waals surface area contributed by atoms with E-state index in [9.17, 15) is 4.79 Å². The second-order valence-electron chi connectivity index (χ2n) is 4.73. The average Bonchev–Trinajstić information content (AvgIpc) is 2.93. The van der Waals surface area contributed by atoms with Crippen molar-refractivity contribution < 1.29 is 14.7 Å². The Morgan fingerprint density at radius 3 is 3.10 bits per heavy atom. The first-order chi connectivity index (χ1) is 9.70. The quantitative estimate of drug-likeness (QED) is 0.240. The molecule has 0 bridgehead atoms. The number of nitrogens with two attached hydrogens (primary N) is 1. The fraction of sp³-hybridized carbons (Fsp3) is 0.429. The molecule has 20 heavy (non-hydrogen) atoms. The van der Waals surface area contributed by atoms with Crippen LogP contribution in [0, 0.1) is 0 Å². The summed E-state index contributed by atoms with van der Waals surface area (Å²) in [6.45, 7) is 1.26. The Morgan fingerprint density at radius 1 is 1.45 bits per heavy atom. The number of fused-ring (bicyclic) bond motifs is 1. The van der Waals surface area contributed by atoms with Crippen molar-refractivity contribution in [3.8, 4) is 5.75 Å². The SMILES string of the molecule is NC(CCCCNC(=O)c1ccc2c(c1)CCO2)=NO. The average molecular weight is 277 g/mol. The first kappa shape index (κ1) is 14.2. The van der Waals surface area contributed by atoms with Crippen molar-refractivity contribution in [1.29, 1.82) is 0 Å². The van der Waals surface area contributed by atoms with Crippen LogP contribution in [0.5, 0.6) is 5.75 Å². The second-order valence-corrected chi connectivity index (χ2v) is 4.73. The molecule has 1 aromatic rings. The summed E-state index contributed by atoms with van der Waals surface area (Å²) in [5.41, 5.74) is 7.10. The number of unbranched alkanes of at least 4 members (excludes halogenated alkanes) is 1. The summed E-state index contributed by atoms with van der Waals surface area (Å²) >= 11 is 0. The van der Waals surface area contributed by atoms with Crippen LogP contribution in [0.15, 0.2) is 23.4 Å². The van der Waals surface area contributed by atoms with Crippen LogP contribution in [0.25, 0.3) is 0 Å². The maximum absolute atomic E-state index is 12.0. The predicted molar refractivity (Wildman–Crippen MR) is 75.2 cm³/mol. The normalized spacial score (nSPS) is 13.7. The van der Waals surface area contributed by atoms with Gasteiger partial charge in [-0.1, -0.05) is 5.16 Å². The van der Waals surface area contributed by atoms with Gasteiger partial charge in [0.15, 0.2) is 0 Å². The first-order valence-electron chi connectivity index (χ1n) is 6.71. The van der Waals surface area contributed by atoms with Crippen LogP contribution in [-0.4, -0.2) is 30.1 Å². The van der Waals surface area contributed by atoms with E-state index in [2.05, 4.69) is 10.5 Å². The van der Waals surface area contributed by atoms with Gasteiger partial charge in [0.2, 0.25) is 0 Å². The number of nitrogens with one attached hydrogen (secondary N) is 1. The Balaban J connectivity index is 1.75. The van der Waals surface area contributed by atoms with E-state index in [-0.39, 0.29) is 11.7 Å². The van der Waals surface area contributed by atoms with Crippen molar-refractivity contribution in [3.05, 3.63) is 29.3 Å². The molecule has 1 aliphatic heterocycles. The van der Waals surface area contributed by atoms with Crippen LogP contribution >= 0.6 is 0 Å². The van der Waals surface area contributed by atoms with Crippen molar-refractivity contribution in [2.24, 2.45) is 10.9 Å². The van der Waals surface area contributed by atoms with Gasteiger partial charge in [-0.25, -0.2) is 0 Å². The molecule has 108 valence electrons. The van der Waals surface area contributed by atoms with Gasteiger partial charge in [0.1, 0.15) is 11.6 Å². The zero-order valence-electron chi connectivity index (χ0n) is 11.3. The summed E-state index contributed by atoms with van der Waals surface area (Å²) in [4.78, 5) is 12.0. The Morgan fingerprint density at radius 2 is 2.30 bits per heavy atom. The number of amides is 1. The van der Waals surface area contributed by atoms with E-state index in [1.807, 2.05) is 12.1 Å². The van der Waals surface area contributed by atoms with E-state index >= 15 is 0 Å². The topological polar surface area (TPSA) is 96.9 Å². The standard InChI is InChI=1S/C14H19N3O3/c15-13(17-19)3-1-2-7-16-14(18)11-4-5-12-10(9-11)6-8-20-12/h4-5,9,19H,1-3,6-8H2,(H2,15,17)(H,16,18). The molecule has 0 unspecified atom stereocenters. The van der Waals surface area contributed by atoms with Gasteiger partial charge in [0, 0.05) is 24.9 Å². The van der Waals surface area contributed by atoms with Crippen LogP contribution in [0.1, 0.15) is 35.2 Å². The molecule has 0 radical (unpaired) electrons. The lowest BCUT2D eigenvalue weighted by Gasteiger charge is -2.06. The van der Waals surface area contributed by atoms with Gasteiger partial charge in [-0.3, -0.25) is 4.79 Å². The number of rotatable bonds is 6. The summed E-state index contributed by atoms with van der Waals surface area (Å²) in [7, 11) is 0. The van der Waals surface area contributed by atoms with Crippen LogP contribution in [0.2, 0.25) is 0 Å². The van der Waals surface area contributed by atoms with Crippen molar-refractivity contribution >= 4 is 11.7 Å². The fourth-order valence-electron chi connectivity index (χ4n) is 2.11. The van der Waals surface area contributed by atoms with E-state index in [0.717, 1.165) is 30.6 Å². The molecule has 0 spiro atoms. The number of hydrogen-bond acceptors (Lipinski definition) is 4. The molecule has 0 aliphatic carbocycles.